The molecule has 0 saturated heterocycles. The Balaban J connectivity index is 1.64. The predicted octanol–water partition coefficient (Wildman–Crippen LogP) is 6.70. The lowest BCUT2D eigenvalue weighted by atomic mass is 9.99. The Hall–Kier alpha value is -3.44. The van der Waals surface area contributed by atoms with E-state index in [4.69, 9.17) is 0 Å². The lowest BCUT2D eigenvalue weighted by Gasteiger charge is -2.32. The van der Waals surface area contributed by atoms with E-state index in [1.54, 1.807) is 4.90 Å². The van der Waals surface area contributed by atoms with Gasteiger partial charge in [-0.1, -0.05) is 101 Å². The smallest absolute Gasteiger partial charge is 0.243 e. The Morgan fingerprint density at radius 2 is 1.51 bits per heavy atom. The number of rotatable bonds is 10. The third-order valence-corrected chi connectivity index (χ3v) is 6.93. The van der Waals surface area contributed by atoms with E-state index >= 15 is 0 Å². The van der Waals surface area contributed by atoms with Crippen LogP contribution in [0, 0.1) is 0 Å². The molecule has 1 N–H and O–H groups in total. The molecule has 4 aromatic rings. The van der Waals surface area contributed by atoms with Crippen LogP contribution in [0.15, 0.2) is 102 Å². The Morgan fingerprint density at radius 1 is 0.838 bits per heavy atom. The highest BCUT2D eigenvalue weighted by Crippen LogP contribution is 2.22. The maximum atomic E-state index is 13.9. The average molecular weight is 558 g/mol. The van der Waals surface area contributed by atoms with E-state index in [0.717, 1.165) is 31.9 Å². The maximum Gasteiger partial charge on any atom is 0.243 e. The normalized spacial score (nSPS) is 11.9. The first kappa shape index (κ1) is 26.6. The fourth-order valence-electron chi connectivity index (χ4n) is 4.66. The van der Waals surface area contributed by atoms with E-state index in [1.165, 1.54) is 0 Å². The number of aryl methyl sites for hydroxylation is 1. The zero-order valence-electron chi connectivity index (χ0n) is 21.4. The summed E-state index contributed by atoms with van der Waals surface area (Å²) in [6.45, 7) is 4.24. The van der Waals surface area contributed by atoms with Gasteiger partial charge in [-0.2, -0.15) is 0 Å². The van der Waals surface area contributed by atoms with Gasteiger partial charge in [0.25, 0.3) is 0 Å². The van der Waals surface area contributed by atoms with Crippen LogP contribution in [-0.2, 0) is 29.0 Å². The van der Waals surface area contributed by atoms with Gasteiger partial charge in [-0.3, -0.25) is 9.59 Å². The van der Waals surface area contributed by atoms with Gasteiger partial charge in [0.05, 0.1) is 0 Å². The fourth-order valence-corrected chi connectivity index (χ4v) is 5.11. The van der Waals surface area contributed by atoms with Crippen molar-refractivity contribution in [3.63, 3.8) is 0 Å². The van der Waals surface area contributed by atoms with Gasteiger partial charge in [-0.15, -0.1) is 0 Å². The molecule has 4 aromatic carbocycles. The zero-order valence-corrected chi connectivity index (χ0v) is 22.9. The Kier molecular flexibility index (Phi) is 9.13. The third-order valence-electron chi connectivity index (χ3n) is 6.43. The summed E-state index contributed by atoms with van der Waals surface area (Å²) in [5.74, 6) is -0.167. The van der Waals surface area contributed by atoms with Gasteiger partial charge in [0, 0.05) is 29.9 Å². The summed E-state index contributed by atoms with van der Waals surface area (Å²) >= 11 is 3.54. The molecule has 4 nitrogen and oxygen atoms in total. The first-order valence-electron chi connectivity index (χ1n) is 12.8. The van der Waals surface area contributed by atoms with E-state index in [0.29, 0.717) is 25.8 Å². The van der Waals surface area contributed by atoms with E-state index in [-0.39, 0.29) is 17.9 Å². The molecule has 4 rings (SSSR count). The molecule has 2 amide bonds. The Bertz CT molecular complexity index is 1350. The number of nitrogens with one attached hydrogen (secondary N) is 1. The number of hydrogen-bond donors (Lipinski definition) is 1. The molecule has 0 bridgehead atoms. The van der Waals surface area contributed by atoms with Crippen molar-refractivity contribution in [2.75, 3.05) is 0 Å². The second-order valence-electron chi connectivity index (χ2n) is 9.66. The molecule has 0 radical (unpaired) electrons. The number of amides is 2. The highest BCUT2D eigenvalue weighted by atomic mass is 79.9. The van der Waals surface area contributed by atoms with Crippen molar-refractivity contribution in [1.82, 2.24) is 10.2 Å². The van der Waals surface area contributed by atoms with Crippen LogP contribution in [0.2, 0.25) is 0 Å². The van der Waals surface area contributed by atoms with Crippen LogP contribution >= 0.6 is 15.9 Å². The summed E-state index contributed by atoms with van der Waals surface area (Å²) in [4.78, 5) is 29.2. The topological polar surface area (TPSA) is 49.4 Å². The van der Waals surface area contributed by atoms with Gasteiger partial charge < -0.3 is 10.2 Å². The number of carbonyl (C=O) groups is 2. The molecule has 1 atom stereocenters. The van der Waals surface area contributed by atoms with Crippen LogP contribution in [0.4, 0.5) is 0 Å². The lowest BCUT2D eigenvalue weighted by Crippen LogP contribution is -2.51. The molecule has 190 valence electrons. The van der Waals surface area contributed by atoms with Crippen molar-refractivity contribution in [2.24, 2.45) is 0 Å². The number of carbonyl (C=O) groups excluding carboxylic acids is 2. The van der Waals surface area contributed by atoms with Crippen molar-refractivity contribution in [2.45, 2.75) is 51.7 Å². The van der Waals surface area contributed by atoms with Crippen LogP contribution in [0.25, 0.3) is 10.8 Å². The Morgan fingerprint density at radius 3 is 2.27 bits per heavy atom. The molecule has 0 aliphatic heterocycles. The lowest BCUT2D eigenvalue weighted by molar-refractivity contribution is -0.141. The molecular weight excluding hydrogens is 524 g/mol. The summed E-state index contributed by atoms with van der Waals surface area (Å²) < 4.78 is 0.944. The number of hydrogen-bond acceptors (Lipinski definition) is 2. The second-order valence-corrected chi connectivity index (χ2v) is 10.6. The largest absolute Gasteiger partial charge is 0.352 e. The van der Waals surface area contributed by atoms with E-state index < -0.39 is 6.04 Å². The van der Waals surface area contributed by atoms with Gasteiger partial charge >= 0.3 is 0 Å². The monoisotopic (exact) mass is 556 g/mol. The molecule has 37 heavy (non-hydrogen) atoms. The van der Waals surface area contributed by atoms with Gasteiger partial charge in [-0.05, 0) is 59.9 Å². The minimum absolute atomic E-state index is 0.0238. The quantitative estimate of drug-likeness (QED) is 0.236. The summed E-state index contributed by atoms with van der Waals surface area (Å²) in [5, 5.41) is 5.38. The van der Waals surface area contributed by atoms with Crippen LogP contribution in [-0.4, -0.2) is 28.8 Å². The fraction of sp³-hybridized carbons (Fsp3) is 0.250. The van der Waals surface area contributed by atoms with Crippen LogP contribution in [0.1, 0.15) is 37.0 Å². The zero-order chi connectivity index (χ0) is 26.2. The van der Waals surface area contributed by atoms with Crippen molar-refractivity contribution in [3.8, 4) is 0 Å². The molecular formula is C32H33BrN2O2. The summed E-state index contributed by atoms with van der Waals surface area (Å²) in [6.07, 6.45) is 1.38. The number of fused-ring (bicyclic) bond motifs is 1. The van der Waals surface area contributed by atoms with Crippen molar-refractivity contribution < 1.29 is 9.59 Å². The SMILES string of the molecule is CC(C)NC(=O)[C@@H](Cc1ccccc1)N(Cc1cccc(Br)c1)C(=O)CCc1cccc2ccccc12. The molecule has 0 fully saturated rings. The highest BCUT2D eigenvalue weighted by Gasteiger charge is 2.30. The highest BCUT2D eigenvalue weighted by molar-refractivity contribution is 9.10. The number of nitrogens with zero attached hydrogens (tertiary/aromatic N) is 1. The molecule has 0 saturated carbocycles. The molecule has 0 aliphatic carbocycles. The van der Waals surface area contributed by atoms with Crippen LogP contribution < -0.4 is 5.32 Å². The van der Waals surface area contributed by atoms with Gasteiger partial charge in [0.1, 0.15) is 6.04 Å². The van der Waals surface area contributed by atoms with Crippen LogP contribution in [0.5, 0.6) is 0 Å². The van der Waals surface area contributed by atoms with E-state index in [1.807, 2.05) is 86.6 Å². The average Bonchev–Trinajstić information content (AvgIpc) is 2.89. The van der Waals surface area contributed by atoms with E-state index in [9.17, 15) is 9.59 Å². The molecule has 0 spiro atoms. The predicted molar refractivity (Wildman–Crippen MR) is 154 cm³/mol. The third kappa shape index (κ3) is 7.30. The van der Waals surface area contributed by atoms with Crippen LogP contribution in [0.3, 0.4) is 0 Å². The molecule has 0 unspecified atom stereocenters. The molecule has 0 aromatic heterocycles. The number of benzene rings is 4. The first-order valence-corrected chi connectivity index (χ1v) is 13.5. The van der Waals surface area contributed by atoms with E-state index in [2.05, 4.69) is 45.5 Å². The maximum absolute atomic E-state index is 13.9. The van der Waals surface area contributed by atoms with Crippen molar-refractivity contribution >= 4 is 38.5 Å². The number of halogens is 1. The summed E-state index contributed by atoms with van der Waals surface area (Å²) in [6, 6.07) is 31.6. The van der Waals surface area contributed by atoms with Crippen molar-refractivity contribution in [1.29, 1.82) is 0 Å². The minimum atomic E-state index is -0.621. The molecule has 0 aliphatic rings. The van der Waals surface area contributed by atoms with Gasteiger partial charge in [0.15, 0.2) is 0 Å². The summed E-state index contributed by atoms with van der Waals surface area (Å²) in [5.41, 5.74) is 3.14. The molecule has 5 heteroatoms. The second kappa shape index (κ2) is 12.7. The first-order chi connectivity index (χ1) is 17.9. The van der Waals surface area contributed by atoms with Gasteiger partial charge in [-0.25, -0.2) is 0 Å². The summed E-state index contributed by atoms with van der Waals surface area (Å²) in [7, 11) is 0. The minimum Gasteiger partial charge on any atom is -0.352 e. The molecule has 0 heterocycles. The van der Waals surface area contributed by atoms with Crippen molar-refractivity contribution in [3.05, 3.63) is 118 Å². The standard InChI is InChI=1S/C32H33BrN2O2/c1-23(2)34-32(37)30(21-24-10-4-3-5-11-24)35(22-25-12-8-16-28(33)20-25)31(36)19-18-27-15-9-14-26-13-6-7-17-29(26)27/h3-17,20,23,30H,18-19,21-22H2,1-2H3,(H,34,37)/t30-/m1/s1. The van der Waals surface area contributed by atoms with Gasteiger partial charge in [0.2, 0.25) is 11.8 Å². The Labute approximate surface area is 227 Å².